The van der Waals surface area contributed by atoms with Crippen molar-refractivity contribution >= 4 is 6.01 Å². The Balaban J connectivity index is 2.01. The minimum atomic E-state index is -0.343. The van der Waals surface area contributed by atoms with E-state index in [1.807, 2.05) is 0 Å². The Morgan fingerprint density at radius 1 is 1.35 bits per heavy atom. The van der Waals surface area contributed by atoms with Gasteiger partial charge in [-0.1, -0.05) is 5.16 Å². The molecule has 0 radical (unpaired) electrons. The highest BCUT2D eigenvalue weighted by atomic mass is 16.5. The van der Waals surface area contributed by atoms with Gasteiger partial charge in [-0.25, -0.2) is 0 Å². The molecule has 2 rings (SSSR count). The fourth-order valence-electron chi connectivity index (χ4n) is 2.21. The maximum atomic E-state index is 5.59. The molecule has 0 spiro atoms. The first-order valence-corrected chi connectivity index (χ1v) is 5.93. The molecule has 0 aliphatic heterocycles. The summed E-state index contributed by atoms with van der Waals surface area (Å²) in [6.45, 7) is 1.26. The Bertz CT molecular complexity index is 347. The molecule has 0 saturated heterocycles. The predicted molar refractivity (Wildman–Crippen MR) is 61.8 cm³/mol. The Kier molecular flexibility index (Phi) is 3.96. The molecule has 6 nitrogen and oxygen atoms in total. The topological polar surface area (TPSA) is 69.4 Å². The number of hydrogen-bond donors (Lipinski definition) is 1. The van der Waals surface area contributed by atoms with E-state index in [0.717, 1.165) is 25.7 Å². The first-order chi connectivity index (χ1) is 8.30. The minimum Gasteiger partial charge on any atom is -0.383 e. The lowest BCUT2D eigenvalue weighted by Gasteiger charge is -2.22. The highest BCUT2D eigenvalue weighted by Gasteiger charge is 2.40. The zero-order chi connectivity index (χ0) is 12.1. The van der Waals surface area contributed by atoms with Crippen molar-refractivity contribution in [3.8, 4) is 0 Å². The summed E-state index contributed by atoms with van der Waals surface area (Å²) in [5.41, 5.74) is -0.343. The molecular formula is C11H19N3O3. The van der Waals surface area contributed by atoms with E-state index >= 15 is 0 Å². The Morgan fingerprint density at radius 2 is 2.12 bits per heavy atom. The molecule has 1 N–H and O–H groups in total. The van der Waals surface area contributed by atoms with E-state index in [9.17, 15) is 0 Å². The molecular weight excluding hydrogens is 222 g/mol. The van der Waals surface area contributed by atoms with Crippen molar-refractivity contribution in [1.82, 2.24) is 10.1 Å². The number of aromatic nitrogens is 2. The maximum absolute atomic E-state index is 5.59. The smallest absolute Gasteiger partial charge is 0.321 e. The zero-order valence-corrected chi connectivity index (χ0v) is 10.4. The van der Waals surface area contributed by atoms with Crippen LogP contribution in [0.3, 0.4) is 0 Å². The zero-order valence-electron chi connectivity index (χ0n) is 10.4. The van der Waals surface area contributed by atoms with Crippen LogP contribution in [0.4, 0.5) is 6.01 Å². The molecule has 1 aliphatic rings. The standard InChI is InChI=1S/C11H19N3O3/c1-15-8-7-12-10-13-9(14-17-10)11(16-2)5-3-4-6-11/h3-8H2,1-2H3,(H,12,13,14). The molecule has 1 aromatic rings. The summed E-state index contributed by atoms with van der Waals surface area (Å²) in [5.74, 6) is 0.650. The number of nitrogens with zero attached hydrogens (tertiary/aromatic N) is 2. The lowest BCUT2D eigenvalue weighted by atomic mass is 10.0. The summed E-state index contributed by atoms with van der Waals surface area (Å²) in [6.07, 6.45) is 4.21. The summed E-state index contributed by atoms with van der Waals surface area (Å²) < 4.78 is 15.7. The Hall–Kier alpha value is -1.14. The van der Waals surface area contributed by atoms with Gasteiger partial charge in [-0.2, -0.15) is 4.98 Å². The van der Waals surface area contributed by atoms with Gasteiger partial charge in [-0.3, -0.25) is 0 Å². The van der Waals surface area contributed by atoms with Gasteiger partial charge in [0, 0.05) is 20.8 Å². The van der Waals surface area contributed by atoms with Crippen molar-refractivity contribution in [2.45, 2.75) is 31.3 Å². The Morgan fingerprint density at radius 3 is 2.76 bits per heavy atom. The third-order valence-electron chi connectivity index (χ3n) is 3.22. The molecule has 0 unspecified atom stereocenters. The first kappa shape index (κ1) is 12.3. The molecule has 1 fully saturated rings. The van der Waals surface area contributed by atoms with Crippen LogP contribution in [0, 0.1) is 0 Å². The van der Waals surface area contributed by atoms with E-state index in [2.05, 4.69) is 15.5 Å². The molecule has 1 aromatic heterocycles. The number of rotatable bonds is 6. The van der Waals surface area contributed by atoms with Crippen molar-refractivity contribution in [3.63, 3.8) is 0 Å². The third kappa shape index (κ3) is 2.58. The van der Waals surface area contributed by atoms with Gasteiger partial charge in [0.15, 0.2) is 0 Å². The number of anilines is 1. The van der Waals surface area contributed by atoms with Gasteiger partial charge in [-0.05, 0) is 25.7 Å². The second-order valence-electron chi connectivity index (χ2n) is 4.25. The monoisotopic (exact) mass is 241 g/mol. The second kappa shape index (κ2) is 5.46. The van der Waals surface area contributed by atoms with Crippen LogP contribution in [0.15, 0.2) is 4.52 Å². The van der Waals surface area contributed by atoms with Gasteiger partial charge in [0.05, 0.1) is 6.61 Å². The van der Waals surface area contributed by atoms with Crippen molar-refractivity contribution in [2.24, 2.45) is 0 Å². The van der Waals surface area contributed by atoms with E-state index in [1.54, 1.807) is 14.2 Å². The summed E-state index contributed by atoms with van der Waals surface area (Å²) in [4.78, 5) is 4.34. The first-order valence-electron chi connectivity index (χ1n) is 5.93. The van der Waals surface area contributed by atoms with Crippen LogP contribution in [0.2, 0.25) is 0 Å². The summed E-state index contributed by atoms with van der Waals surface area (Å²) >= 11 is 0. The third-order valence-corrected chi connectivity index (χ3v) is 3.22. The maximum Gasteiger partial charge on any atom is 0.321 e. The van der Waals surface area contributed by atoms with E-state index in [1.165, 1.54) is 0 Å². The number of methoxy groups -OCH3 is 2. The molecule has 1 saturated carbocycles. The van der Waals surface area contributed by atoms with E-state index in [-0.39, 0.29) is 5.60 Å². The van der Waals surface area contributed by atoms with Gasteiger partial charge in [0.25, 0.3) is 0 Å². The highest BCUT2D eigenvalue weighted by molar-refractivity contribution is 5.20. The van der Waals surface area contributed by atoms with Crippen LogP contribution in [-0.2, 0) is 15.1 Å². The van der Waals surface area contributed by atoms with Crippen molar-refractivity contribution in [1.29, 1.82) is 0 Å². The lowest BCUT2D eigenvalue weighted by Crippen LogP contribution is -2.26. The highest BCUT2D eigenvalue weighted by Crippen LogP contribution is 2.40. The van der Waals surface area contributed by atoms with Gasteiger partial charge in [-0.15, -0.1) is 0 Å². The molecule has 17 heavy (non-hydrogen) atoms. The van der Waals surface area contributed by atoms with E-state index < -0.39 is 0 Å². The van der Waals surface area contributed by atoms with Crippen LogP contribution in [0.1, 0.15) is 31.5 Å². The molecule has 0 amide bonds. The van der Waals surface area contributed by atoms with Crippen molar-refractivity contribution < 1.29 is 14.0 Å². The predicted octanol–water partition coefficient (Wildman–Crippen LogP) is 1.54. The molecule has 96 valence electrons. The van der Waals surface area contributed by atoms with Crippen LogP contribution in [0.5, 0.6) is 0 Å². The quantitative estimate of drug-likeness (QED) is 0.762. The molecule has 0 atom stereocenters. The van der Waals surface area contributed by atoms with Crippen LogP contribution in [-0.4, -0.2) is 37.5 Å². The number of nitrogens with one attached hydrogen (secondary N) is 1. The molecule has 1 heterocycles. The summed E-state index contributed by atoms with van der Waals surface area (Å²) in [6, 6.07) is 0.431. The van der Waals surface area contributed by atoms with Gasteiger partial charge < -0.3 is 19.3 Å². The SMILES string of the molecule is COCCNc1nc(C2(OC)CCCC2)no1. The lowest BCUT2D eigenvalue weighted by molar-refractivity contribution is -0.0178. The number of ether oxygens (including phenoxy) is 2. The average molecular weight is 241 g/mol. The van der Waals surface area contributed by atoms with E-state index in [0.29, 0.717) is 25.0 Å². The molecule has 6 heteroatoms. The van der Waals surface area contributed by atoms with Gasteiger partial charge in [0.2, 0.25) is 5.82 Å². The van der Waals surface area contributed by atoms with Crippen molar-refractivity contribution in [2.75, 3.05) is 32.7 Å². The fraction of sp³-hybridized carbons (Fsp3) is 0.818. The normalized spacial score (nSPS) is 18.5. The number of hydrogen-bond acceptors (Lipinski definition) is 6. The summed E-state index contributed by atoms with van der Waals surface area (Å²) in [5, 5.41) is 7.02. The largest absolute Gasteiger partial charge is 0.383 e. The van der Waals surface area contributed by atoms with Gasteiger partial charge in [0.1, 0.15) is 5.60 Å². The summed E-state index contributed by atoms with van der Waals surface area (Å²) in [7, 11) is 3.36. The molecule has 1 aliphatic carbocycles. The van der Waals surface area contributed by atoms with Crippen LogP contribution < -0.4 is 5.32 Å². The van der Waals surface area contributed by atoms with E-state index in [4.69, 9.17) is 14.0 Å². The second-order valence-corrected chi connectivity index (χ2v) is 4.25. The minimum absolute atomic E-state index is 0.343. The van der Waals surface area contributed by atoms with Crippen LogP contribution in [0.25, 0.3) is 0 Å². The van der Waals surface area contributed by atoms with Crippen LogP contribution >= 0.6 is 0 Å². The van der Waals surface area contributed by atoms with Crippen molar-refractivity contribution in [3.05, 3.63) is 5.82 Å². The van der Waals surface area contributed by atoms with Gasteiger partial charge >= 0.3 is 6.01 Å². The average Bonchev–Trinajstić information content (AvgIpc) is 2.98. The fourth-order valence-corrected chi connectivity index (χ4v) is 2.21. The molecule has 0 bridgehead atoms. The molecule has 0 aromatic carbocycles. The Labute approximate surface area is 101 Å².